The highest BCUT2D eigenvalue weighted by Crippen LogP contribution is 2.40. The number of aromatic nitrogens is 1. The maximum atomic E-state index is 14.8. The number of nitrogens with one attached hydrogen (secondary N) is 2. The van der Waals surface area contributed by atoms with Crippen molar-refractivity contribution in [3.8, 4) is 11.1 Å². The zero-order chi connectivity index (χ0) is 30.0. The maximum absolute atomic E-state index is 14.8. The van der Waals surface area contributed by atoms with Gasteiger partial charge in [0.05, 0.1) is 35.1 Å². The number of carbonyl (C=O) groups is 3. The number of hydrogen-bond acceptors (Lipinski definition) is 7. The van der Waals surface area contributed by atoms with Crippen molar-refractivity contribution in [3.05, 3.63) is 70.8 Å². The summed E-state index contributed by atoms with van der Waals surface area (Å²) >= 11 is 5.97. The van der Waals surface area contributed by atoms with Gasteiger partial charge in [-0.3, -0.25) is 20.0 Å². The van der Waals surface area contributed by atoms with Crippen LogP contribution in [-0.4, -0.2) is 41.6 Å². The number of amides is 3. The van der Waals surface area contributed by atoms with Gasteiger partial charge in [-0.2, -0.15) is 0 Å². The standard InChI is InChI=1S/C30H31ClFN5O5/c1-16-4-3-5-24(37-13-11-25(42-30(37)40)26-21(33)9-8-20(31)27(26)32)23-14-17(10-12-34-23)19-7-6-18(35-29(39)41-2)15-22(19)36-28(16)38/h6-10,12,14-16,24-25H,3-5,11,13,33H2,1-2H3,(H,35,39)(H,36,38)/t16-,24+,25?/m1/s1. The van der Waals surface area contributed by atoms with Crippen molar-refractivity contribution in [1.29, 1.82) is 0 Å². The molecule has 2 aromatic carbocycles. The first-order valence-corrected chi connectivity index (χ1v) is 14.0. The molecular weight excluding hydrogens is 565 g/mol. The summed E-state index contributed by atoms with van der Waals surface area (Å²) in [5.74, 6) is -1.19. The third kappa shape index (κ3) is 5.96. The van der Waals surface area contributed by atoms with Crippen LogP contribution in [0.25, 0.3) is 11.1 Å². The van der Waals surface area contributed by atoms with Gasteiger partial charge in [-0.15, -0.1) is 0 Å². The molecule has 3 heterocycles. The molecule has 3 atom stereocenters. The van der Waals surface area contributed by atoms with Crippen LogP contribution in [0.4, 0.5) is 31.0 Å². The monoisotopic (exact) mass is 595 g/mol. The average Bonchev–Trinajstić information content (AvgIpc) is 2.97. The Morgan fingerprint density at radius 1 is 1.19 bits per heavy atom. The summed E-state index contributed by atoms with van der Waals surface area (Å²) in [6.07, 6.45) is 1.57. The van der Waals surface area contributed by atoms with E-state index in [0.717, 1.165) is 5.56 Å². The van der Waals surface area contributed by atoms with Crippen LogP contribution in [0.5, 0.6) is 0 Å². The van der Waals surface area contributed by atoms with Crippen molar-refractivity contribution in [1.82, 2.24) is 9.88 Å². The quantitative estimate of drug-likeness (QED) is 0.287. The van der Waals surface area contributed by atoms with E-state index < -0.39 is 30.1 Å². The minimum absolute atomic E-state index is 0.0758. The second-order valence-corrected chi connectivity index (χ2v) is 10.8. The first-order chi connectivity index (χ1) is 20.2. The molecule has 1 aromatic heterocycles. The lowest BCUT2D eigenvalue weighted by molar-refractivity contribution is -0.119. The number of nitrogen functional groups attached to an aromatic ring is 1. The summed E-state index contributed by atoms with van der Waals surface area (Å²) in [4.78, 5) is 44.5. The number of fused-ring (bicyclic) bond motifs is 4. The van der Waals surface area contributed by atoms with Gasteiger partial charge in [0.15, 0.2) is 5.82 Å². The predicted octanol–water partition coefficient (Wildman–Crippen LogP) is 6.68. The van der Waals surface area contributed by atoms with Crippen molar-refractivity contribution in [2.45, 2.75) is 44.8 Å². The van der Waals surface area contributed by atoms with E-state index in [-0.39, 0.29) is 34.6 Å². The lowest BCUT2D eigenvalue weighted by atomic mass is 9.94. The molecule has 0 spiro atoms. The molecule has 4 N–H and O–H groups in total. The van der Waals surface area contributed by atoms with E-state index in [9.17, 15) is 18.8 Å². The van der Waals surface area contributed by atoms with Crippen LogP contribution < -0.4 is 16.4 Å². The van der Waals surface area contributed by atoms with Gasteiger partial charge >= 0.3 is 12.2 Å². The SMILES string of the molecule is COC(=O)Nc1ccc2c(c1)NC(=O)[C@H](C)CCC[C@H](N1CCC(c3c(N)ccc(Cl)c3F)OC1=O)c1cc-2ccn1. The number of carbonyl (C=O) groups excluding carboxylic acids is 3. The Bertz CT molecular complexity index is 1540. The number of methoxy groups -OCH3 is 1. The second kappa shape index (κ2) is 12.2. The summed E-state index contributed by atoms with van der Waals surface area (Å²) in [5, 5.41) is 5.52. The van der Waals surface area contributed by atoms with Crippen molar-refractivity contribution in [3.63, 3.8) is 0 Å². The summed E-state index contributed by atoms with van der Waals surface area (Å²) in [7, 11) is 1.27. The molecule has 10 nitrogen and oxygen atoms in total. The van der Waals surface area contributed by atoms with E-state index in [4.69, 9.17) is 26.8 Å². The zero-order valence-electron chi connectivity index (χ0n) is 23.2. The van der Waals surface area contributed by atoms with Gasteiger partial charge in [-0.25, -0.2) is 14.0 Å². The number of anilines is 3. The highest BCUT2D eigenvalue weighted by Gasteiger charge is 2.36. The van der Waals surface area contributed by atoms with Crippen molar-refractivity contribution in [2.24, 2.45) is 5.92 Å². The Morgan fingerprint density at radius 3 is 2.76 bits per heavy atom. The molecule has 3 amide bonds. The molecule has 1 saturated heterocycles. The molecule has 0 aliphatic carbocycles. The number of cyclic esters (lactones) is 1. The first-order valence-electron chi connectivity index (χ1n) is 13.6. The van der Waals surface area contributed by atoms with Gasteiger partial charge in [0, 0.05) is 42.0 Å². The van der Waals surface area contributed by atoms with Crippen LogP contribution in [0.1, 0.15) is 56.0 Å². The number of pyridine rings is 1. The zero-order valence-corrected chi connectivity index (χ0v) is 23.9. The van der Waals surface area contributed by atoms with Crippen LogP contribution in [0.3, 0.4) is 0 Å². The molecule has 1 fully saturated rings. The number of halogens is 2. The average molecular weight is 596 g/mol. The molecule has 2 aliphatic heterocycles. The molecule has 0 saturated carbocycles. The summed E-state index contributed by atoms with van der Waals surface area (Å²) in [6.45, 7) is 2.12. The topological polar surface area (TPSA) is 136 Å². The molecule has 3 aromatic rings. The predicted molar refractivity (Wildman–Crippen MR) is 156 cm³/mol. The third-order valence-electron chi connectivity index (χ3n) is 7.68. The Labute approximate surface area is 247 Å². The molecule has 0 radical (unpaired) electrons. The fraction of sp³-hybridized carbons (Fsp3) is 0.333. The summed E-state index contributed by atoms with van der Waals surface area (Å²) < 4.78 is 25.2. The molecule has 220 valence electrons. The Morgan fingerprint density at radius 2 is 2.00 bits per heavy atom. The Hall–Kier alpha value is -4.38. The van der Waals surface area contributed by atoms with E-state index in [1.54, 1.807) is 29.3 Å². The van der Waals surface area contributed by atoms with Crippen LogP contribution in [0.15, 0.2) is 48.7 Å². The number of rotatable bonds is 3. The lowest BCUT2D eigenvalue weighted by Gasteiger charge is -2.37. The molecule has 12 heteroatoms. The smallest absolute Gasteiger partial charge is 0.411 e. The fourth-order valence-corrected chi connectivity index (χ4v) is 5.57. The van der Waals surface area contributed by atoms with Crippen molar-refractivity contribution < 1.29 is 28.2 Å². The molecule has 1 unspecified atom stereocenters. The normalized spacial score (nSPS) is 20.8. The van der Waals surface area contributed by atoms with Crippen LogP contribution in [0.2, 0.25) is 5.02 Å². The van der Waals surface area contributed by atoms with Crippen LogP contribution in [-0.2, 0) is 14.3 Å². The number of ether oxygens (including phenoxy) is 2. The molecule has 42 heavy (non-hydrogen) atoms. The van der Waals surface area contributed by atoms with Gasteiger partial charge in [0.2, 0.25) is 5.91 Å². The van der Waals surface area contributed by atoms with Gasteiger partial charge in [0.25, 0.3) is 0 Å². The van der Waals surface area contributed by atoms with Crippen molar-refractivity contribution >= 4 is 46.8 Å². The van der Waals surface area contributed by atoms with E-state index in [2.05, 4.69) is 15.6 Å². The Balaban J connectivity index is 1.48. The lowest BCUT2D eigenvalue weighted by Crippen LogP contribution is -2.42. The largest absolute Gasteiger partial charge is 0.453 e. The number of hydrogen-bond donors (Lipinski definition) is 3. The third-order valence-corrected chi connectivity index (χ3v) is 7.97. The summed E-state index contributed by atoms with van der Waals surface area (Å²) in [6, 6.07) is 11.3. The van der Waals surface area contributed by atoms with Gasteiger partial charge in [-0.05, 0) is 54.8 Å². The van der Waals surface area contributed by atoms with Crippen LogP contribution >= 0.6 is 11.6 Å². The minimum Gasteiger partial charge on any atom is -0.453 e. The molecule has 5 rings (SSSR count). The van der Waals surface area contributed by atoms with E-state index in [1.165, 1.54) is 19.2 Å². The van der Waals surface area contributed by atoms with E-state index in [1.807, 2.05) is 19.1 Å². The Kier molecular flexibility index (Phi) is 8.49. The molecular formula is C30H31ClFN5O5. The fourth-order valence-electron chi connectivity index (χ4n) is 5.40. The minimum atomic E-state index is -0.874. The second-order valence-electron chi connectivity index (χ2n) is 10.4. The number of benzene rings is 2. The maximum Gasteiger partial charge on any atom is 0.411 e. The number of nitrogens with two attached hydrogens (primary N) is 1. The van der Waals surface area contributed by atoms with Gasteiger partial charge in [-0.1, -0.05) is 31.0 Å². The highest BCUT2D eigenvalue weighted by atomic mass is 35.5. The van der Waals surface area contributed by atoms with Gasteiger partial charge in [0.1, 0.15) is 6.10 Å². The van der Waals surface area contributed by atoms with Gasteiger partial charge < -0.3 is 20.5 Å². The highest BCUT2D eigenvalue weighted by molar-refractivity contribution is 6.30. The summed E-state index contributed by atoms with van der Waals surface area (Å²) in [5.41, 5.74) is 9.34. The van der Waals surface area contributed by atoms with Crippen LogP contribution in [0, 0.1) is 11.7 Å². The van der Waals surface area contributed by atoms with Crippen molar-refractivity contribution in [2.75, 3.05) is 30.0 Å². The molecule has 2 aliphatic rings. The molecule has 2 bridgehead atoms. The van der Waals surface area contributed by atoms with E-state index >= 15 is 0 Å². The van der Waals surface area contributed by atoms with E-state index in [0.29, 0.717) is 48.3 Å². The first kappa shape index (κ1) is 29.1. The number of nitrogens with zero attached hydrogens (tertiary/aromatic N) is 2.